The van der Waals surface area contributed by atoms with Crippen molar-refractivity contribution in [3.8, 4) is 12.0 Å². The molecule has 1 aromatic rings. The normalized spacial score (nSPS) is 23.7. The summed E-state index contributed by atoms with van der Waals surface area (Å²) in [5.41, 5.74) is 0. The van der Waals surface area contributed by atoms with Crippen molar-refractivity contribution in [3.63, 3.8) is 0 Å². The Morgan fingerprint density at radius 2 is 1.89 bits per heavy atom. The van der Waals surface area contributed by atoms with E-state index in [4.69, 9.17) is 21.1 Å². The molecule has 2 rings (SSSR count). The Labute approximate surface area is 111 Å². The van der Waals surface area contributed by atoms with E-state index in [1.165, 1.54) is 13.5 Å². The van der Waals surface area contributed by atoms with Gasteiger partial charge in [0.05, 0.1) is 7.11 Å². The first kappa shape index (κ1) is 13.3. The van der Waals surface area contributed by atoms with Gasteiger partial charge in [-0.05, 0) is 37.9 Å². The van der Waals surface area contributed by atoms with E-state index in [2.05, 4.69) is 20.3 Å². The van der Waals surface area contributed by atoms with Crippen LogP contribution in [0.3, 0.4) is 0 Å². The molecule has 1 heterocycles. The van der Waals surface area contributed by atoms with Crippen LogP contribution in [0.2, 0.25) is 5.28 Å². The van der Waals surface area contributed by atoms with Gasteiger partial charge in [-0.3, -0.25) is 0 Å². The monoisotopic (exact) mass is 272 g/mol. The Morgan fingerprint density at radius 3 is 2.61 bits per heavy atom. The number of halogens is 1. The van der Waals surface area contributed by atoms with Crippen LogP contribution < -0.4 is 14.8 Å². The molecule has 100 valence electrons. The molecule has 6 nitrogen and oxygen atoms in total. The van der Waals surface area contributed by atoms with E-state index in [1.807, 2.05) is 7.05 Å². The standard InChI is InChI=1S/C11H17ClN4O2/c1-13-7-5-3-4-6-8(7)18-11-15-9(12)14-10(16-11)17-2/h7-8,13H,3-6H2,1-2H3. The third kappa shape index (κ3) is 3.20. The fourth-order valence-corrected chi connectivity index (χ4v) is 2.31. The first-order valence-corrected chi connectivity index (χ1v) is 6.40. The summed E-state index contributed by atoms with van der Waals surface area (Å²) in [6.45, 7) is 0. The van der Waals surface area contributed by atoms with Gasteiger partial charge in [0, 0.05) is 6.04 Å². The zero-order chi connectivity index (χ0) is 13.0. The molecule has 1 saturated carbocycles. The lowest BCUT2D eigenvalue weighted by Gasteiger charge is -2.30. The molecule has 1 N–H and O–H groups in total. The molecule has 18 heavy (non-hydrogen) atoms. The highest BCUT2D eigenvalue weighted by molar-refractivity contribution is 6.28. The summed E-state index contributed by atoms with van der Waals surface area (Å²) in [5, 5.41) is 3.33. The fraction of sp³-hybridized carbons (Fsp3) is 0.727. The minimum atomic E-state index is 0.0620. The van der Waals surface area contributed by atoms with E-state index in [1.54, 1.807) is 0 Å². The lowest BCUT2D eigenvalue weighted by molar-refractivity contribution is 0.106. The highest BCUT2D eigenvalue weighted by atomic mass is 35.5. The van der Waals surface area contributed by atoms with Crippen LogP contribution in [-0.4, -0.2) is 41.3 Å². The van der Waals surface area contributed by atoms with Crippen LogP contribution in [0.15, 0.2) is 0 Å². The minimum absolute atomic E-state index is 0.0620. The minimum Gasteiger partial charge on any atom is -0.467 e. The van der Waals surface area contributed by atoms with Gasteiger partial charge >= 0.3 is 12.0 Å². The molecule has 0 saturated heterocycles. The maximum atomic E-state index is 5.79. The number of nitrogens with zero attached hydrogens (tertiary/aromatic N) is 3. The second-order valence-electron chi connectivity index (χ2n) is 4.21. The average Bonchev–Trinajstić information content (AvgIpc) is 2.38. The number of nitrogens with one attached hydrogen (secondary N) is 1. The lowest BCUT2D eigenvalue weighted by atomic mass is 9.92. The first-order chi connectivity index (χ1) is 8.72. The quantitative estimate of drug-likeness (QED) is 0.895. The molecule has 0 aliphatic heterocycles. The van der Waals surface area contributed by atoms with E-state index < -0.39 is 0 Å². The van der Waals surface area contributed by atoms with Gasteiger partial charge in [-0.25, -0.2) is 0 Å². The molecular formula is C11H17ClN4O2. The third-order valence-electron chi connectivity index (χ3n) is 3.08. The Balaban J connectivity index is 2.09. The number of methoxy groups -OCH3 is 1. The average molecular weight is 273 g/mol. The second kappa shape index (κ2) is 6.15. The van der Waals surface area contributed by atoms with Gasteiger partial charge in [0.15, 0.2) is 0 Å². The van der Waals surface area contributed by atoms with Gasteiger partial charge in [-0.2, -0.15) is 9.97 Å². The first-order valence-electron chi connectivity index (χ1n) is 6.02. The fourth-order valence-electron chi connectivity index (χ4n) is 2.16. The van der Waals surface area contributed by atoms with Crippen LogP contribution in [0.1, 0.15) is 25.7 Å². The Morgan fingerprint density at radius 1 is 1.17 bits per heavy atom. The summed E-state index contributed by atoms with van der Waals surface area (Å²) in [6.07, 6.45) is 4.51. The number of likely N-dealkylation sites (N-methyl/N-ethyl adjacent to an activating group) is 1. The number of ether oxygens (including phenoxy) is 2. The number of aromatic nitrogens is 3. The number of hydrogen-bond donors (Lipinski definition) is 1. The van der Waals surface area contributed by atoms with Crippen molar-refractivity contribution in [2.75, 3.05) is 14.2 Å². The summed E-state index contributed by atoms with van der Waals surface area (Å²) in [6, 6.07) is 0.709. The predicted octanol–water partition coefficient (Wildman–Crippen LogP) is 1.44. The van der Waals surface area contributed by atoms with E-state index in [0.29, 0.717) is 6.04 Å². The van der Waals surface area contributed by atoms with Crippen molar-refractivity contribution in [1.82, 2.24) is 20.3 Å². The van der Waals surface area contributed by atoms with Crippen LogP contribution in [0, 0.1) is 0 Å². The van der Waals surface area contributed by atoms with E-state index in [9.17, 15) is 0 Å². The number of hydrogen-bond acceptors (Lipinski definition) is 6. The topological polar surface area (TPSA) is 69.2 Å². The molecule has 0 radical (unpaired) electrons. The van der Waals surface area contributed by atoms with Gasteiger partial charge in [-0.15, -0.1) is 4.98 Å². The van der Waals surface area contributed by atoms with Gasteiger partial charge in [0.1, 0.15) is 6.10 Å². The van der Waals surface area contributed by atoms with Gasteiger partial charge in [0.2, 0.25) is 5.28 Å². The van der Waals surface area contributed by atoms with Crippen LogP contribution in [-0.2, 0) is 0 Å². The molecule has 0 bridgehead atoms. The van der Waals surface area contributed by atoms with E-state index >= 15 is 0 Å². The van der Waals surface area contributed by atoms with Gasteiger partial charge in [0.25, 0.3) is 0 Å². The van der Waals surface area contributed by atoms with E-state index in [0.717, 1.165) is 19.3 Å². The summed E-state index contributed by atoms with van der Waals surface area (Å²) in [4.78, 5) is 11.8. The van der Waals surface area contributed by atoms with Gasteiger partial charge in [-0.1, -0.05) is 6.42 Å². The molecule has 2 atom stereocenters. The maximum absolute atomic E-state index is 5.79. The molecule has 0 amide bonds. The second-order valence-corrected chi connectivity index (χ2v) is 4.55. The predicted molar refractivity (Wildman–Crippen MR) is 67.1 cm³/mol. The summed E-state index contributed by atoms with van der Waals surface area (Å²) in [5.74, 6) is 0. The van der Waals surface area contributed by atoms with Crippen molar-refractivity contribution in [2.45, 2.75) is 37.8 Å². The highest BCUT2D eigenvalue weighted by Crippen LogP contribution is 2.23. The summed E-state index contributed by atoms with van der Waals surface area (Å²) in [7, 11) is 3.42. The molecule has 0 spiro atoms. The molecule has 1 aromatic heterocycles. The Bertz CT molecular complexity index is 405. The maximum Gasteiger partial charge on any atom is 0.324 e. The SMILES string of the molecule is CNC1CCCCC1Oc1nc(Cl)nc(OC)n1. The number of rotatable bonds is 4. The van der Waals surface area contributed by atoms with Crippen LogP contribution >= 0.6 is 11.6 Å². The lowest BCUT2D eigenvalue weighted by Crippen LogP contribution is -2.43. The van der Waals surface area contributed by atoms with Crippen molar-refractivity contribution in [3.05, 3.63) is 5.28 Å². The molecule has 1 aliphatic carbocycles. The molecule has 1 aliphatic rings. The third-order valence-corrected chi connectivity index (χ3v) is 3.25. The largest absolute Gasteiger partial charge is 0.467 e. The van der Waals surface area contributed by atoms with Crippen LogP contribution in [0.25, 0.3) is 0 Å². The Kier molecular flexibility index (Phi) is 4.54. The summed E-state index contributed by atoms with van der Waals surface area (Å²) < 4.78 is 10.7. The van der Waals surface area contributed by atoms with Crippen molar-refractivity contribution in [1.29, 1.82) is 0 Å². The van der Waals surface area contributed by atoms with Crippen molar-refractivity contribution >= 4 is 11.6 Å². The molecular weight excluding hydrogens is 256 g/mol. The smallest absolute Gasteiger partial charge is 0.324 e. The van der Waals surface area contributed by atoms with Gasteiger partial charge < -0.3 is 14.8 Å². The van der Waals surface area contributed by atoms with Crippen molar-refractivity contribution in [2.24, 2.45) is 0 Å². The highest BCUT2D eigenvalue weighted by Gasteiger charge is 2.26. The van der Waals surface area contributed by atoms with Crippen molar-refractivity contribution < 1.29 is 9.47 Å². The summed E-state index contributed by atoms with van der Waals surface area (Å²) >= 11 is 5.78. The molecule has 1 fully saturated rings. The molecule has 7 heteroatoms. The Hall–Kier alpha value is -1.14. The van der Waals surface area contributed by atoms with Crippen LogP contribution in [0.5, 0.6) is 12.0 Å². The zero-order valence-corrected chi connectivity index (χ0v) is 11.3. The van der Waals surface area contributed by atoms with E-state index in [-0.39, 0.29) is 23.4 Å². The zero-order valence-electron chi connectivity index (χ0n) is 10.5. The van der Waals surface area contributed by atoms with Crippen LogP contribution in [0.4, 0.5) is 0 Å². The molecule has 2 unspecified atom stereocenters. The molecule has 0 aromatic carbocycles.